The maximum atomic E-state index is 12.8. The average molecular weight is 830 g/mol. The molecule has 6 heterocycles. The van der Waals surface area contributed by atoms with Crippen LogP contribution in [0.2, 0.25) is 0 Å². The van der Waals surface area contributed by atoms with Gasteiger partial charge in [-0.1, -0.05) is 39.8 Å². The van der Waals surface area contributed by atoms with Gasteiger partial charge in [-0.25, -0.2) is 0 Å². The molecule has 10 heteroatoms. The van der Waals surface area contributed by atoms with Crippen molar-refractivity contribution in [2.45, 2.75) is 83.7 Å². The van der Waals surface area contributed by atoms with Crippen LogP contribution in [0.4, 0.5) is 11.4 Å². The first-order valence-electron chi connectivity index (χ1n) is 22.1. The van der Waals surface area contributed by atoms with Crippen LogP contribution in [0.3, 0.4) is 0 Å². The molecule has 8 rings (SSSR count). The van der Waals surface area contributed by atoms with Gasteiger partial charge in [0.15, 0.2) is 12.7 Å². The van der Waals surface area contributed by atoms with Gasteiger partial charge in [0.2, 0.25) is 17.5 Å². The summed E-state index contributed by atoms with van der Waals surface area (Å²) in [5.41, 5.74) is 13.8. The number of nitrogens with zero attached hydrogens (tertiary/aromatic N) is 4. The molecule has 1 unspecified atom stereocenters. The number of rotatable bonds is 17. The zero-order chi connectivity index (χ0) is 40.4. The van der Waals surface area contributed by atoms with E-state index in [0.29, 0.717) is 39.0 Å². The second-order valence-corrected chi connectivity index (χ2v) is 19.2. The lowest BCUT2D eigenvalue weighted by atomic mass is 9.90. The van der Waals surface area contributed by atoms with Crippen molar-refractivity contribution in [2.24, 2.45) is 0 Å². The van der Waals surface area contributed by atoms with E-state index < -0.39 is 0 Å². The first-order valence-corrected chi connectivity index (χ1v) is 24.6. The van der Waals surface area contributed by atoms with Gasteiger partial charge < -0.3 is 25.3 Å². The van der Waals surface area contributed by atoms with Gasteiger partial charge in [-0.05, 0) is 140 Å². The molecule has 0 spiro atoms. The Bertz CT molecular complexity index is 2050. The van der Waals surface area contributed by atoms with Crippen molar-refractivity contribution in [3.8, 4) is 0 Å². The number of hydrogen-bond acceptors (Lipinski definition) is 7. The van der Waals surface area contributed by atoms with Gasteiger partial charge in [-0.3, -0.25) is 9.59 Å². The van der Waals surface area contributed by atoms with Crippen LogP contribution in [0.15, 0.2) is 78.7 Å². The molecule has 5 aliphatic rings. The first-order chi connectivity index (χ1) is 29.0. The largest absolute Gasteiger partial charge is 0.371 e. The quantitative estimate of drug-likeness (QED) is 0.0819. The number of aromatic nitrogens is 1. The van der Waals surface area contributed by atoms with Gasteiger partial charge in [0.05, 0.1) is 6.42 Å². The fraction of sp³-hybridized carbons (Fsp3) is 0.449. The third-order valence-corrected chi connectivity index (χ3v) is 14.7. The van der Waals surface area contributed by atoms with Crippen LogP contribution in [0.1, 0.15) is 84.5 Å². The Balaban J connectivity index is 0.704. The van der Waals surface area contributed by atoms with E-state index in [2.05, 4.69) is 122 Å². The number of carbonyl (C=O) groups is 2. The maximum Gasteiger partial charge on any atom is 0.226 e. The highest BCUT2D eigenvalue weighted by molar-refractivity contribution is 8.76. The zero-order valence-corrected chi connectivity index (χ0v) is 36.4. The van der Waals surface area contributed by atoms with Crippen LogP contribution in [-0.2, 0) is 41.8 Å². The molecular formula is C49H61N6O2S2+. The van der Waals surface area contributed by atoms with Crippen LogP contribution >= 0.6 is 21.6 Å². The zero-order valence-electron chi connectivity index (χ0n) is 34.8. The van der Waals surface area contributed by atoms with E-state index in [-0.39, 0.29) is 17.9 Å². The SMILES string of the molecule is CC1C=CC=C(/C=C/c2cc3c4c(c2)CCCN4CCC3)N1CCC(=O)NCCSSCCNC(=O)CC[n+]1ccccc1/C=C/c1cc2c3c(c1)CCCN3CCC2. The number of benzene rings is 2. The van der Waals surface area contributed by atoms with Crippen molar-refractivity contribution in [2.75, 3.05) is 67.1 Å². The minimum atomic E-state index is 0.0686. The number of pyridine rings is 1. The number of allylic oxidation sites excluding steroid dienone is 3. The maximum absolute atomic E-state index is 12.8. The topological polar surface area (TPSA) is 71.8 Å². The molecule has 3 aromatic rings. The van der Waals surface area contributed by atoms with Gasteiger partial charge >= 0.3 is 0 Å². The molecule has 59 heavy (non-hydrogen) atoms. The number of anilines is 2. The predicted molar refractivity (Wildman–Crippen MR) is 249 cm³/mol. The van der Waals surface area contributed by atoms with E-state index in [1.165, 1.54) is 122 Å². The van der Waals surface area contributed by atoms with Crippen LogP contribution in [0, 0.1) is 0 Å². The van der Waals surface area contributed by atoms with E-state index in [1.54, 1.807) is 21.6 Å². The van der Waals surface area contributed by atoms with Crippen LogP contribution in [0.25, 0.3) is 18.2 Å². The number of amides is 2. The molecule has 5 aliphatic heterocycles. The summed E-state index contributed by atoms with van der Waals surface area (Å²) in [7, 11) is 3.47. The van der Waals surface area contributed by atoms with Gasteiger partial charge in [-0.15, -0.1) is 0 Å². The lowest BCUT2D eigenvalue weighted by Crippen LogP contribution is -2.39. The van der Waals surface area contributed by atoms with E-state index in [4.69, 9.17) is 0 Å². The second-order valence-electron chi connectivity index (χ2n) is 16.5. The molecule has 310 valence electrons. The first kappa shape index (κ1) is 41.3. The van der Waals surface area contributed by atoms with E-state index in [1.807, 2.05) is 6.07 Å². The lowest BCUT2D eigenvalue weighted by molar-refractivity contribution is -0.697. The molecule has 2 amide bonds. The molecule has 2 N–H and O–H groups in total. The summed E-state index contributed by atoms with van der Waals surface area (Å²) in [4.78, 5) is 33.1. The Hall–Kier alpha value is -4.41. The summed E-state index contributed by atoms with van der Waals surface area (Å²) >= 11 is 0. The van der Waals surface area contributed by atoms with Crippen molar-refractivity contribution in [1.29, 1.82) is 0 Å². The highest BCUT2D eigenvalue weighted by atomic mass is 33.1. The molecule has 8 nitrogen and oxygen atoms in total. The Morgan fingerprint density at radius 2 is 1.27 bits per heavy atom. The lowest BCUT2D eigenvalue weighted by Gasteiger charge is -2.37. The Labute approximate surface area is 359 Å². The van der Waals surface area contributed by atoms with Crippen LogP contribution in [-0.4, -0.2) is 80.1 Å². The fourth-order valence-corrected chi connectivity index (χ4v) is 11.3. The van der Waals surface area contributed by atoms with Gasteiger partial charge in [0, 0.05) is 105 Å². The number of carbonyl (C=O) groups excluding carboxylic acids is 2. The smallest absolute Gasteiger partial charge is 0.226 e. The summed E-state index contributed by atoms with van der Waals surface area (Å²) in [5.74, 6) is 1.80. The van der Waals surface area contributed by atoms with E-state index in [0.717, 1.165) is 22.9 Å². The number of hydrogen-bond donors (Lipinski definition) is 2. The molecule has 1 aromatic heterocycles. The van der Waals surface area contributed by atoms with Crippen molar-refractivity contribution >= 4 is 63.0 Å². The van der Waals surface area contributed by atoms with Crippen molar-refractivity contribution in [3.05, 3.63) is 118 Å². The normalized spacial score (nSPS) is 18.2. The standard InChI is InChI=1S/C49H60N6O2S2/c1-37-9-4-15-45(19-17-39-35-42-12-7-27-54-28-8-13-43(36-39)49(42)54)55(37)30-21-47(57)51-23-32-59-58-31-22-50-46(56)20-29-52-24-3-2-14-44(52)18-16-38-33-40-10-5-25-53-26-6-11-41(34-38)48(40)53/h2-4,9,14-19,24,33-37H,5-8,10-13,20-23,25-32H2,1H3,(H-,50,51,56,57)/p+1/b19-17+. The van der Waals surface area contributed by atoms with Crippen LogP contribution in [0.5, 0.6) is 0 Å². The highest BCUT2D eigenvalue weighted by Crippen LogP contribution is 2.38. The predicted octanol–water partition coefficient (Wildman–Crippen LogP) is 7.79. The van der Waals surface area contributed by atoms with Crippen LogP contribution < -0.4 is 25.0 Å². The number of aryl methyl sites for hydroxylation is 5. The summed E-state index contributed by atoms with van der Waals surface area (Å²) in [5, 5.41) is 6.19. The molecule has 0 saturated carbocycles. The molecule has 2 aromatic carbocycles. The monoisotopic (exact) mass is 829 g/mol. The Morgan fingerprint density at radius 1 is 0.729 bits per heavy atom. The van der Waals surface area contributed by atoms with Gasteiger partial charge in [0.25, 0.3) is 0 Å². The molecule has 0 bridgehead atoms. The highest BCUT2D eigenvalue weighted by Gasteiger charge is 2.25. The molecule has 0 saturated heterocycles. The minimum Gasteiger partial charge on any atom is -0.371 e. The van der Waals surface area contributed by atoms with Gasteiger partial charge in [-0.2, -0.15) is 4.57 Å². The van der Waals surface area contributed by atoms with Crippen molar-refractivity contribution in [1.82, 2.24) is 15.5 Å². The fourth-order valence-electron chi connectivity index (χ4n) is 9.50. The Kier molecular flexibility index (Phi) is 14.2. The van der Waals surface area contributed by atoms with Crippen molar-refractivity contribution < 1.29 is 14.2 Å². The Morgan fingerprint density at radius 3 is 1.85 bits per heavy atom. The minimum absolute atomic E-state index is 0.0686. The molecule has 0 aliphatic carbocycles. The summed E-state index contributed by atoms with van der Waals surface area (Å²) < 4.78 is 2.16. The summed E-state index contributed by atoms with van der Waals surface area (Å²) in [6.45, 7) is 9.54. The summed E-state index contributed by atoms with van der Waals surface area (Å²) in [6, 6.07) is 16.0. The number of nitrogens with one attached hydrogen (secondary N) is 2. The van der Waals surface area contributed by atoms with E-state index in [9.17, 15) is 9.59 Å². The van der Waals surface area contributed by atoms with Gasteiger partial charge in [0.1, 0.15) is 0 Å². The molecule has 0 radical (unpaired) electrons. The van der Waals surface area contributed by atoms with E-state index >= 15 is 0 Å². The molecule has 0 fully saturated rings. The molecule has 1 atom stereocenters. The van der Waals surface area contributed by atoms with Crippen molar-refractivity contribution in [3.63, 3.8) is 0 Å². The second kappa shape index (κ2) is 20.2. The third kappa shape index (κ3) is 10.7. The third-order valence-electron chi connectivity index (χ3n) is 12.3. The summed E-state index contributed by atoms with van der Waals surface area (Å²) in [6.07, 6.45) is 28.0. The molecular weight excluding hydrogens is 769 g/mol. The average Bonchev–Trinajstić information content (AvgIpc) is 3.25.